The van der Waals surface area contributed by atoms with Gasteiger partial charge < -0.3 is 14.9 Å². The zero-order chi connectivity index (χ0) is 14.6. The third kappa shape index (κ3) is 3.74. The van der Waals surface area contributed by atoms with E-state index in [1.807, 2.05) is 18.2 Å². The van der Waals surface area contributed by atoms with E-state index < -0.39 is 11.7 Å². The van der Waals surface area contributed by atoms with Crippen LogP contribution in [0.1, 0.15) is 44.1 Å². The molecule has 1 saturated carbocycles. The number of halogens is 1. The van der Waals surface area contributed by atoms with E-state index in [2.05, 4.69) is 15.9 Å². The third-order valence-electron chi connectivity index (χ3n) is 4.26. The Morgan fingerprint density at radius 1 is 1.25 bits per heavy atom. The summed E-state index contributed by atoms with van der Waals surface area (Å²) in [4.78, 5) is 0. The van der Waals surface area contributed by atoms with Gasteiger partial charge in [-0.25, -0.2) is 0 Å². The Morgan fingerprint density at radius 3 is 2.50 bits per heavy atom. The van der Waals surface area contributed by atoms with Crippen molar-refractivity contribution in [2.45, 2.75) is 56.7 Å². The molecule has 0 spiro atoms. The summed E-state index contributed by atoms with van der Waals surface area (Å²) in [6, 6.07) is 5.70. The van der Waals surface area contributed by atoms with E-state index in [0.29, 0.717) is 19.3 Å². The summed E-state index contributed by atoms with van der Waals surface area (Å²) in [5, 5.41) is 21.2. The summed E-state index contributed by atoms with van der Waals surface area (Å²) in [5.41, 5.74) is 0.0217. The molecule has 0 aromatic heterocycles. The van der Waals surface area contributed by atoms with Gasteiger partial charge >= 0.3 is 0 Å². The van der Waals surface area contributed by atoms with Crippen LogP contribution in [0.25, 0.3) is 0 Å². The van der Waals surface area contributed by atoms with Gasteiger partial charge in [0.05, 0.1) is 18.8 Å². The molecule has 1 atom stereocenters. The predicted octanol–water partition coefficient (Wildman–Crippen LogP) is 3.45. The molecule has 0 aliphatic heterocycles. The molecule has 0 heterocycles. The van der Waals surface area contributed by atoms with Gasteiger partial charge in [0.2, 0.25) is 0 Å². The first-order valence-corrected chi connectivity index (χ1v) is 8.07. The molecule has 1 fully saturated rings. The maximum Gasteiger partial charge on any atom is 0.119 e. The van der Waals surface area contributed by atoms with E-state index in [4.69, 9.17) is 4.74 Å². The molecule has 1 aliphatic carbocycles. The van der Waals surface area contributed by atoms with Crippen LogP contribution >= 0.6 is 15.9 Å². The molecule has 2 rings (SSSR count). The Morgan fingerprint density at radius 2 is 1.90 bits per heavy atom. The zero-order valence-corrected chi connectivity index (χ0v) is 13.5. The van der Waals surface area contributed by atoms with Gasteiger partial charge in [-0.05, 0) is 36.6 Å². The van der Waals surface area contributed by atoms with E-state index in [-0.39, 0.29) is 0 Å². The fraction of sp³-hybridized carbons (Fsp3) is 0.625. The average molecular weight is 343 g/mol. The predicted molar refractivity (Wildman–Crippen MR) is 83.1 cm³/mol. The van der Waals surface area contributed by atoms with Gasteiger partial charge in [0.15, 0.2) is 0 Å². The fourth-order valence-electron chi connectivity index (χ4n) is 2.91. The lowest BCUT2D eigenvalue weighted by atomic mass is 9.85. The monoisotopic (exact) mass is 342 g/mol. The number of hydrogen-bond donors (Lipinski definition) is 2. The standard InChI is InChI=1S/C16H23BrO3/c1-20-13-6-7-14(17)12(10-13)11-15(18)16(19)8-4-2-3-5-9-16/h6-7,10,15,18-19H,2-5,8-9,11H2,1H3. The molecule has 0 saturated heterocycles. The van der Waals surface area contributed by atoms with E-state index in [0.717, 1.165) is 41.5 Å². The Balaban J connectivity index is 2.11. The molecular formula is C16H23BrO3. The topological polar surface area (TPSA) is 49.7 Å². The van der Waals surface area contributed by atoms with Crippen molar-refractivity contribution in [2.75, 3.05) is 7.11 Å². The van der Waals surface area contributed by atoms with Crippen LogP contribution in [0.15, 0.2) is 22.7 Å². The van der Waals surface area contributed by atoms with Crippen molar-refractivity contribution >= 4 is 15.9 Å². The molecule has 1 aliphatic rings. The van der Waals surface area contributed by atoms with Crippen molar-refractivity contribution in [3.63, 3.8) is 0 Å². The van der Waals surface area contributed by atoms with Gasteiger partial charge in [-0.15, -0.1) is 0 Å². The van der Waals surface area contributed by atoms with Crippen LogP contribution in [0.3, 0.4) is 0 Å². The van der Waals surface area contributed by atoms with Crippen LogP contribution < -0.4 is 4.74 Å². The van der Waals surface area contributed by atoms with Gasteiger partial charge in [0, 0.05) is 10.9 Å². The minimum Gasteiger partial charge on any atom is -0.497 e. The Bertz CT molecular complexity index is 439. The van der Waals surface area contributed by atoms with E-state index in [1.165, 1.54) is 0 Å². The lowest BCUT2D eigenvalue weighted by molar-refractivity contribution is -0.0837. The van der Waals surface area contributed by atoms with Crippen molar-refractivity contribution in [2.24, 2.45) is 0 Å². The third-order valence-corrected chi connectivity index (χ3v) is 5.03. The number of benzene rings is 1. The highest BCUT2D eigenvalue weighted by molar-refractivity contribution is 9.10. The van der Waals surface area contributed by atoms with Crippen LogP contribution in [-0.4, -0.2) is 29.0 Å². The number of ether oxygens (including phenoxy) is 1. The summed E-state index contributed by atoms with van der Waals surface area (Å²) in [6.45, 7) is 0. The van der Waals surface area contributed by atoms with Crippen molar-refractivity contribution < 1.29 is 14.9 Å². The van der Waals surface area contributed by atoms with Crippen molar-refractivity contribution in [3.8, 4) is 5.75 Å². The minimum atomic E-state index is -0.945. The average Bonchev–Trinajstić information content (AvgIpc) is 2.67. The largest absolute Gasteiger partial charge is 0.497 e. The molecule has 1 aromatic carbocycles. The molecule has 0 radical (unpaired) electrons. The normalized spacial score (nSPS) is 20.2. The quantitative estimate of drug-likeness (QED) is 0.824. The maximum atomic E-state index is 10.7. The molecule has 20 heavy (non-hydrogen) atoms. The second-order valence-corrected chi connectivity index (χ2v) is 6.55. The van der Waals surface area contributed by atoms with Crippen LogP contribution in [0.4, 0.5) is 0 Å². The smallest absolute Gasteiger partial charge is 0.119 e. The molecule has 1 aromatic rings. The molecule has 3 nitrogen and oxygen atoms in total. The first kappa shape index (κ1) is 15.8. The zero-order valence-electron chi connectivity index (χ0n) is 11.9. The fourth-order valence-corrected chi connectivity index (χ4v) is 3.32. The Hall–Kier alpha value is -0.580. The van der Waals surface area contributed by atoms with Crippen molar-refractivity contribution in [1.82, 2.24) is 0 Å². The first-order chi connectivity index (χ1) is 9.55. The molecule has 112 valence electrons. The second-order valence-electron chi connectivity index (χ2n) is 5.70. The minimum absolute atomic E-state index is 0.439. The highest BCUT2D eigenvalue weighted by Crippen LogP contribution is 2.33. The van der Waals surface area contributed by atoms with Crippen LogP contribution in [-0.2, 0) is 6.42 Å². The lowest BCUT2D eigenvalue weighted by Crippen LogP contribution is -2.43. The molecule has 0 amide bonds. The van der Waals surface area contributed by atoms with Crippen LogP contribution in [0.5, 0.6) is 5.75 Å². The van der Waals surface area contributed by atoms with Crippen molar-refractivity contribution in [1.29, 1.82) is 0 Å². The van der Waals surface area contributed by atoms with Gasteiger partial charge in [0.1, 0.15) is 5.75 Å². The number of rotatable bonds is 4. The SMILES string of the molecule is COc1ccc(Br)c(CC(O)C2(O)CCCCCC2)c1. The van der Waals surface area contributed by atoms with Gasteiger partial charge in [-0.3, -0.25) is 0 Å². The van der Waals surface area contributed by atoms with E-state index in [9.17, 15) is 10.2 Å². The molecule has 2 N–H and O–H groups in total. The maximum absolute atomic E-state index is 10.7. The van der Waals surface area contributed by atoms with Gasteiger partial charge in [-0.1, -0.05) is 41.6 Å². The number of methoxy groups -OCH3 is 1. The highest BCUT2D eigenvalue weighted by atomic mass is 79.9. The number of aliphatic hydroxyl groups is 2. The Kier molecular flexibility index (Phi) is 5.47. The number of aliphatic hydroxyl groups excluding tert-OH is 1. The second kappa shape index (κ2) is 6.92. The lowest BCUT2D eigenvalue weighted by Gasteiger charge is -2.32. The Labute approximate surface area is 129 Å². The van der Waals surface area contributed by atoms with E-state index in [1.54, 1.807) is 7.11 Å². The van der Waals surface area contributed by atoms with Crippen molar-refractivity contribution in [3.05, 3.63) is 28.2 Å². The molecule has 1 unspecified atom stereocenters. The summed E-state index contributed by atoms with van der Waals surface area (Å²) < 4.78 is 6.16. The van der Waals surface area contributed by atoms with Crippen LogP contribution in [0.2, 0.25) is 0 Å². The molecular weight excluding hydrogens is 320 g/mol. The summed E-state index contributed by atoms with van der Waals surface area (Å²) >= 11 is 3.50. The summed E-state index contributed by atoms with van der Waals surface area (Å²) in [5.74, 6) is 0.767. The van der Waals surface area contributed by atoms with E-state index >= 15 is 0 Å². The summed E-state index contributed by atoms with van der Waals surface area (Å²) in [7, 11) is 1.63. The highest BCUT2D eigenvalue weighted by Gasteiger charge is 2.36. The molecule has 4 heteroatoms. The van der Waals surface area contributed by atoms with Gasteiger partial charge in [-0.2, -0.15) is 0 Å². The first-order valence-electron chi connectivity index (χ1n) is 7.28. The molecule has 0 bridgehead atoms. The van der Waals surface area contributed by atoms with Gasteiger partial charge in [0.25, 0.3) is 0 Å². The number of hydrogen-bond acceptors (Lipinski definition) is 3. The summed E-state index contributed by atoms with van der Waals surface area (Å²) in [6.07, 6.45) is 5.37. The van der Waals surface area contributed by atoms with Crippen LogP contribution in [0, 0.1) is 0 Å².